The fourth-order valence-corrected chi connectivity index (χ4v) is 2.12. The van der Waals surface area contributed by atoms with E-state index in [-0.39, 0.29) is 11.6 Å². The first-order valence-electron chi connectivity index (χ1n) is 6.13. The topological polar surface area (TPSA) is 26.3 Å². The number of ether oxygens (including phenoxy) is 1. The van der Waals surface area contributed by atoms with Crippen LogP contribution in [0.25, 0.3) is 0 Å². The predicted molar refractivity (Wildman–Crippen MR) is 66.2 cm³/mol. The van der Waals surface area contributed by atoms with Crippen LogP contribution in [0.15, 0.2) is 24.3 Å². The summed E-state index contributed by atoms with van der Waals surface area (Å²) in [4.78, 5) is 11.5. The Bertz CT molecular complexity index is 291. The lowest BCUT2D eigenvalue weighted by molar-refractivity contribution is -0.154. The molecule has 2 heteroatoms. The zero-order valence-corrected chi connectivity index (χ0v) is 10.4. The molecule has 0 saturated heterocycles. The number of esters is 1. The van der Waals surface area contributed by atoms with Crippen molar-refractivity contribution in [1.82, 2.24) is 0 Å². The van der Waals surface area contributed by atoms with Crippen LogP contribution in [0, 0.1) is 0 Å². The van der Waals surface area contributed by atoms with Gasteiger partial charge >= 0.3 is 5.97 Å². The van der Waals surface area contributed by atoms with Crippen molar-refractivity contribution in [1.29, 1.82) is 0 Å². The van der Waals surface area contributed by atoms with Crippen molar-refractivity contribution in [2.45, 2.75) is 58.0 Å². The zero-order chi connectivity index (χ0) is 12.0. The second kappa shape index (κ2) is 5.88. The van der Waals surface area contributed by atoms with Gasteiger partial charge < -0.3 is 4.74 Å². The summed E-state index contributed by atoms with van der Waals surface area (Å²) < 4.78 is 5.42. The third-order valence-electron chi connectivity index (χ3n) is 3.00. The van der Waals surface area contributed by atoms with Crippen LogP contribution >= 0.6 is 0 Å². The van der Waals surface area contributed by atoms with Gasteiger partial charge in [0.2, 0.25) is 0 Å². The van der Waals surface area contributed by atoms with Crippen LogP contribution in [-0.2, 0) is 9.53 Å². The summed E-state index contributed by atoms with van der Waals surface area (Å²) in [6.07, 6.45) is 9.53. The van der Waals surface area contributed by atoms with Gasteiger partial charge in [0.1, 0.15) is 5.60 Å². The van der Waals surface area contributed by atoms with Gasteiger partial charge in [-0.1, -0.05) is 25.0 Å². The quantitative estimate of drug-likeness (QED) is 0.505. The molecule has 0 aliphatic carbocycles. The van der Waals surface area contributed by atoms with Gasteiger partial charge in [-0.25, -0.2) is 4.79 Å². The normalized spacial score (nSPS) is 24.9. The van der Waals surface area contributed by atoms with E-state index in [9.17, 15) is 4.79 Å². The molecular formula is C14H22O2. The summed E-state index contributed by atoms with van der Waals surface area (Å²) in [6.45, 7) is 7.90. The van der Waals surface area contributed by atoms with E-state index in [0.29, 0.717) is 0 Å². The van der Waals surface area contributed by atoms with Gasteiger partial charge in [-0.15, -0.1) is 6.58 Å². The Labute approximate surface area is 98.4 Å². The highest BCUT2D eigenvalue weighted by molar-refractivity contribution is 5.84. The van der Waals surface area contributed by atoms with Crippen molar-refractivity contribution in [2.75, 3.05) is 0 Å². The van der Waals surface area contributed by atoms with Crippen molar-refractivity contribution >= 4 is 5.97 Å². The molecule has 90 valence electrons. The number of allylic oxidation sites excluding steroid dienone is 1. The van der Waals surface area contributed by atoms with E-state index >= 15 is 0 Å². The molecule has 1 atom stereocenters. The van der Waals surface area contributed by atoms with Gasteiger partial charge in [0.15, 0.2) is 0 Å². The minimum Gasteiger partial charge on any atom is -0.456 e. The Kier molecular flexibility index (Phi) is 4.78. The van der Waals surface area contributed by atoms with Crippen molar-refractivity contribution < 1.29 is 9.53 Å². The van der Waals surface area contributed by atoms with E-state index in [0.717, 1.165) is 38.5 Å². The molecule has 1 aliphatic heterocycles. The SMILES string of the molecule is C=CCC[C@@]1(C)CC(CCCC)=CC(=O)O1. The lowest BCUT2D eigenvalue weighted by atomic mass is 9.87. The van der Waals surface area contributed by atoms with Crippen LogP contribution in [0.1, 0.15) is 52.4 Å². The van der Waals surface area contributed by atoms with Crippen LogP contribution in [0.5, 0.6) is 0 Å². The van der Waals surface area contributed by atoms with Crippen molar-refractivity contribution in [3.63, 3.8) is 0 Å². The van der Waals surface area contributed by atoms with Gasteiger partial charge in [0.05, 0.1) is 0 Å². The first-order valence-corrected chi connectivity index (χ1v) is 6.13. The number of unbranched alkanes of at least 4 members (excludes halogenated alkanes) is 1. The summed E-state index contributed by atoms with van der Waals surface area (Å²) >= 11 is 0. The van der Waals surface area contributed by atoms with E-state index in [1.165, 1.54) is 5.57 Å². The average Bonchev–Trinajstić information content (AvgIpc) is 2.22. The first-order chi connectivity index (χ1) is 7.59. The molecule has 0 radical (unpaired) electrons. The number of cyclic esters (lactones) is 1. The number of hydrogen-bond acceptors (Lipinski definition) is 2. The van der Waals surface area contributed by atoms with Crippen molar-refractivity contribution in [2.24, 2.45) is 0 Å². The van der Waals surface area contributed by atoms with Gasteiger partial charge in [-0.3, -0.25) is 0 Å². The number of rotatable bonds is 6. The van der Waals surface area contributed by atoms with Gasteiger partial charge in [-0.05, 0) is 32.6 Å². The lowest BCUT2D eigenvalue weighted by Gasteiger charge is -2.33. The smallest absolute Gasteiger partial charge is 0.331 e. The van der Waals surface area contributed by atoms with Gasteiger partial charge in [0, 0.05) is 12.5 Å². The summed E-state index contributed by atoms with van der Waals surface area (Å²) in [5.41, 5.74) is 0.924. The zero-order valence-electron chi connectivity index (χ0n) is 10.4. The highest BCUT2D eigenvalue weighted by atomic mass is 16.6. The Morgan fingerprint density at radius 3 is 3.00 bits per heavy atom. The highest BCUT2D eigenvalue weighted by Crippen LogP contribution is 2.32. The molecule has 0 aromatic rings. The van der Waals surface area contributed by atoms with Crippen LogP contribution in [0.3, 0.4) is 0 Å². The van der Waals surface area contributed by atoms with Crippen LogP contribution in [0.4, 0.5) is 0 Å². The Morgan fingerprint density at radius 2 is 2.38 bits per heavy atom. The minimum atomic E-state index is -0.316. The minimum absolute atomic E-state index is 0.177. The molecule has 1 rings (SSSR count). The molecule has 0 fully saturated rings. The van der Waals surface area contributed by atoms with Crippen LogP contribution in [-0.4, -0.2) is 11.6 Å². The monoisotopic (exact) mass is 222 g/mol. The van der Waals surface area contributed by atoms with E-state index in [2.05, 4.69) is 13.5 Å². The number of hydrogen-bond donors (Lipinski definition) is 0. The largest absolute Gasteiger partial charge is 0.456 e. The Morgan fingerprint density at radius 1 is 1.62 bits per heavy atom. The summed E-state index contributed by atoms with van der Waals surface area (Å²) in [5.74, 6) is -0.177. The Hall–Kier alpha value is -1.05. The second-order valence-electron chi connectivity index (χ2n) is 4.78. The molecule has 0 unspecified atom stereocenters. The molecule has 0 bridgehead atoms. The van der Waals surface area contributed by atoms with E-state index < -0.39 is 0 Å². The van der Waals surface area contributed by atoms with E-state index in [1.807, 2.05) is 13.0 Å². The van der Waals surface area contributed by atoms with Crippen molar-refractivity contribution in [3.05, 3.63) is 24.3 Å². The maximum atomic E-state index is 11.5. The second-order valence-corrected chi connectivity index (χ2v) is 4.78. The van der Waals surface area contributed by atoms with Crippen LogP contribution in [0.2, 0.25) is 0 Å². The average molecular weight is 222 g/mol. The number of carbonyl (C=O) groups is 1. The molecule has 0 saturated carbocycles. The third kappa shape index (κ3) is 3.84. The maximum Gasteiger partial charge on any atom is 0.331 e. The summed E-state index contributed by atoms with van der Waals surface area (Å²) in [5, 5.41) is 0. The van der Waals surface area contributed by atoms with Gasteiger partial charge in [0.25, 0.3) is 0 Å². The van der Waals surface area contributed by atoms with Crippen molar-refractivity contribution in [3.8, 4) is 0 Å². The molecule has 0 N–H and O–H groups in total. The van der Waals surface area contributed by atoms with E-state index in [4.69, 9.17) is 4.74 Å². The molecule has 0 aromatic heterocycles. The summed E-state index contributed by atoms with van der Waals surface area (Å²) in [6, 6.07) is 0. The van der Waals surface area contributed by atoms with Crippen LogP contribution < -0.4 is 0 Å². The molecular weight excluding hydrogens is 200 g/mol. The molecule has 1 aliphatic rings. The molecule has 1 heterocycles. The molecule has 0 aromatic carbocycles. The lowest BCUT2D eigenvalue weighted by Crippen LogP contribution is -2.35. The molecule has 0 spiro atoms. The summed E-state index contributed by atoms with van der Waals surface area (Å²) in [7, 11) is 0. The highest BCUT2D eigenvalue weighted by Gasteiger charge is 2.32. The predicted octanol–water partition coefficient (Wildman–Crippen LogP) is 3.77. The van der Waals surface area contributed by atoms with Gasteiger partial charge in [-0.2, -0.15) is 0 Å². The molecule has 2 nitrogen and oxygen atoms in total. The molecule has 16 heavy (non-hydrogen) atoms. The molecule has 0 amide bonds. The first kappa shape index (κ1) is 13.0. The number of carbonyl (C=O) groups excluding carboxylic acids is 1. The maximum absolute atomic E-state index is 11.5. The fourth-order valence-electron chi connectivity index (χ4n) is 2.12. The van der Waals surface area contributed by atoms with E-state index in [1.54, 1.807) is 6.08 Å². The standard InChI is InChI=1S/C14H22O2/c1-4-6-8-12-10-13(15)16-14(3,11-12)9-7-5-2/h5,10H,2,4,6-9,11H2,1,3H3/t14-/m0/s1. The Balaban J connectivity index is 2.61. The fraction of sp³-hybridized carbons (Fsp3) is 0.643. The third-order valence-corrected chi connectivity index (χ3v) is 3.00.